The molecule has 21 heavy (non-hydrogen) atoms. The zero-order valence-corrected chi connectivity index (χ0v) is 13.9. The van der Waals surface area contributed by atoms with E-state index < -0.39 is 0 Å². The number of nitrogens with one attached hydrogen (secondary N) is 2. The summed E-state index contributed by atoms with van der Waals surface area (Å²) in [7, 11) is 0. The maximum absolute atomic E-state index is 5.46. The molecule has 0 aromatic heterocycles. The molecule has 1 atom stereocenters. The van der Waals surface area contributed by atoms with E-state index in [0.717, 1.165) is 57.8 Å². The summed E-state index contributed by atoms with van der Waals surface area (Å²) < 4.78 is 5.46. The van der Waals surface area contributed by atoms with E-state index in [1.165, 1.54) is 12.8 Å². The van der Waals surface area contributed by atoms with E-state index in [0.29, 0.717) is 12.0 Å². The van der Waals surface area contributed by atoms with Gasteiger partial charge >= 0.3 is 0 Å². The lowest BCUT2D eigenvalue weighted by Crippen LogP contribution is -2.48. The fraction of sp³-hybridized carbons (Fsp3) is 0.938. The first-order valence-electron chi connectivity index (χ1n) is 8.54. The van der Waals surface area contributed by atoms with E-state index in [1.807, 2.05) is 0 Å². The Labute approximate surface area is 129 Å². The van der Waals surface area contributed by atoms with Crippen LogP contribution in [0.15, 0.2) is 4.99 Å². The highest BCUT2D eigenvalue weighted by atomic mass is 16.5. The van der Waals surface area contributed by atoms with Crippen LogP contribution in [0.25, 0.3) is 0 Å². The molecule has 122 valence electrons. The van der Waals surface area contributed by atoms with Gasteiger partial charge in [0.1, 0.15) is 0 Å². The van der Waals surface area contributed by atoms with Gasteiger partial charge in [0.25, 0.3) is 0 Å². The minimum absolute atomic E-state index is 0.505. The summed E-state index contributed by atoms with van der Waals surface area (Å²) in [5, 5.41) is 6.83. The smallest absolute Gasteiger partial charge is 0.191 e. The van der Waals surface area contributed by atoms with Crippen LogP contribution in [0, 0.1) is 11.8 Å². The lowest BCUT2D eigenvalue weighted by atomic mass is 10.0. The molecule has 0 spiro atoms. The fourth-order valence-corrected chi connectivity index (χ4v) is 2.75. The highest BCUT2D eigenvalue weighted by molar-refractivity contribution is 5.79. The van der Waals surface area contributed by atoms with Crippen LogP contribution in [0.1, 0.15) is 33.6 Å². The summed E-state index contributed by atoms with van der Waals surface area (Å²) in [5.41, 5.74) is 0. The third-order valence-electron chi connectivity index (χ3n) is 4.32. The molecule has 1 heterocycles. The van der Waals surface area contributed by atoms with Gasteiger partial charge in [0.05, 0.1) is 19.8 Å². The maximum Gasteiger partial charge on any atom is 0.191 e. The first-order valence-corrected chi connectivity index (χ1v) is 8.54. The SMILES string of the molecule is CCNC(=NCC(C(C)C)N1CCOCC1)NCC1CC1. The van der Waals surface area contributed by atoms with Crippen LogP contribution in [0.5, 0.6) is 0 Å². The molecule has 2 aliphatic rings. The first-order chi connectivity index (χ1) is 10.2. The Hall–Kier alpha value is -0.810. The minimum Gasteiger partial charge on any atom is -0.379 e. The minimum atomic E-state index is 0.505. The molecule has 2 rings (SSSR count). The molecule has 0 radical (unpaired) electrons. The normalized spacial score (nSPS) is 22.4. The van der Waals surface area contributed by atoms with Crippen molar-refractivity contribution in [2.45, 2.75) is 39.7 Å². The maximum atomic E-state index is 5.46. The van der Waals surface area contributed by atoms with Gasteiger partial charge in [-0.2, -0.15) is 0 Å². The second-order valence-corrected chi connectivity index (χ2v) is 6.50. The number of nitrogens with zero attached hydrogens (tertiary/aromatic N) is 2. The summed E-state index contributed by atoms with van der Waals surface area (Å²) in [4.78, 5) is 7.35. The zero-order valence-electron chi connectivity index (χ0n) is 13.9. The van der Waals surface area contributed by atoms with Crippen molar-refractivity contribution in [2.75, 3.05) is 45.9 Å². The third kappa shape index (κ3) is 5.83. The lowest BCUT2D eigenvalue weighted by Gasteiger charge is -2.36. The van der Waals surface area contributed by atoms with Crippen molar-refractivity contribution in [1.82, 2.24) is 15.5 Å². The molecule has 2 fully saturated rings. The molecule has 5 nitrogen and oxygen atoms in total. The van der Waals surface area contributed by atoms with Crippen molar-refractivity contribution in [3.05, 3.63) is 0 Å². The standard InChI is InChI=1S/C16H32N4O/c1-4-17-16(18-11-14-5-6-14)19-12-15(13(2)3)20-7-9-21-10-8-20/h13-15H,4-12H2,1-3H3,(H2,17,18,19). The van der Waals surface area contributed by atoms with E-state index in [4.69, 9.17) is 9.73 Å². The van der Waals surface area contributed by atoms with Gasteiger partial charge < -0.3 is 15.4 Å². The molecule has 1 aliphatic heterocycles. The van der Waals surface area contributed by atoms with Crippen molar-refractivity contribution in [1.29, 1.82) is 0 Å². The molecule has 1 aliphatic carbocycles. The number of rotatable bonds is 7. The average molecular weight is 296 g/mol. The molecule has 0 aromatic rings. The Morgan fingerprint density at radius 3 is 2.52 bits per heavy atom. The van der Waals surface area contributed by atoms with Crippen molar-refractivity contribution < 1.29 is 4.74 Å². The fourth-order valence-electron chi connectivity index (χ4n) is 2.75. The molecule has 1 unspecified atom stereocenters. The summed E-state index contributed by atoms with van der Waals surface area (Å²) in [6.07, 6.45) is 2.74. The Morgan fingerprint density at radius 1 is 1.24 bits per heavy atom. The van der Waals surface area contributed by atoms with E-state index >= 15 is 0 Å². The molecule has 1 saturated heterocycles. The van der Waals surface area contributed by atoms with Crippen LogP contribution in [-0.4, -0.2) is 62.8 Å². The number of hydrogen-bond acceptors (Lipinski definition) is 3. The third-order valence-corrected chi connectivity index (χ3v) is 4.32. The van der Waals surface area contributed by atoms with Gasteiger partial charge in [0.15, 0.2) is 5.96 Å². The predicted octanol–water partition coefficient (Wildman–Crippen LogP) is 1.31. The zero-order chi connectivity index (χ0) is 15.1. The Bertz CT molecular complexity index is 322. The lowest BCUT2D eigenvalue weighted by molar-refractivity contribution is 0.00867. The number of hydrogen-bond donors (Lipinski definition) is 2. The predicted molar refractivity (Wildman–Crippen MR) is 87.7 cm³/mol. The second kappa shape index (κ2) is 8.59. The summed E-state index contributed by atoms with van der Waals surface area (Å²) >= 11 is 0. The van der Waals surface area contributed by atoms with E-state index in [-0.39, 0.29) is 0 Å². The highest BCUT2D eigenvalue weighted by Gasteiger charge is 2.24. The number of aliphatic imine (C=N–C) groups is 1. The quantitative estimate of drug-likeness (QED) is 0.549. The van der Waals surface area contributed by atoms with Crippen LogP contribution in [0.4, 0.5) is 0 Å². The van der Waals surface area contributed by atoms with Crippen LogP contribution in [-0.2, 0) is 4.74 Å². The van der Waals surface area contributed by atoms with Gasteiger partial charge in [-0.15, -0.1) is 0 Å². The number of ether oxygens (including phenoxy) is 1. The van der Waals surface area contributed by atoms with E-state index in [2.05, 4.69) is 36.3 Å². The van der Waals surface area contributed by atoms with Crippen LogP contribution >= 0.6 is 0 Å². The molecular formula is C16H32N4O. The Morgan fingerprint density at radius 2 is 1.95 bits per heavy atom. The van der Waals surface area contributed by atoms with Crippen molar-refractivity contribution in [3.63, 3.8) is 0 Å². The molecule has 0 amide bonds. The van der Waals surface area contributed by atoms with Gasteiger partial charge in [0.2, 0.25) is 0 Å². The second-order valence-electron chi connectivity index (χ2n) is 6.50. The van der Waals surface area contributed by atoms with Gasteiger partial charge in [-0.3, -0.25) is 9.89 Å². The first kappa shape index (κ1) is 16.6. The topological polar surface area (TPSA) is 48.9 Å². The Kier molecular flexibility index (Phi) is 6.77. The van der Waals surface area contributed by atoms with Crippen LogP contribution in [0.2, 0.25) is 0 Å². The highest BCUT2D eigenvalue weighted by Crippen LogP contribution is 2.27. The molecule has 0 bridgehead atoms. The van der Waals surface area contributed by atoms with E-state index in [9.17, 15) is 0 Å². The Balaban J connectivity index is 1.87. The van der Waals surface area contributed by atoms with Crippen LogP contribution < -0.4 is 10.6 Å². The largest absolute Gasteiger partial charge is 0.379 e. The monoisotopic (exact) mass is 296 g/mol. The van der Waals surface area contributed by atoms with Crippen molar-refractivity contribution in [2.24, 2.45) is 16.8 Å². The molecule has 1 saturated carbocycles. The number of guanidine groups is 1. The van der Waals surface area contributed by atoms with Gasteiger partial charge in [-0.25, -0.2) is 0 Å². The molecule has 2 N–H and O–H groups in total. The van der Waals surface area contributed by atoms with Gasteiger partial charge in [-0.1, -0.05) is 13.8 Å². The van der Waals surface area contributed by atoms with Crippen LogP contribution in [0.3, 0.4) is 0 Å². The average Bonchev–Trinajstić information content (AvgIpc) is 3.30. The van der Waals surface area contributed by atoms with Crippen molar-refractivity contribution >= 4 is 5.96 Å². The summed E-state index contributed by atoms with van der Waals surface area (Å²) in [5.74, 6) is 2.45. The number of morpholine rings is 1. The van der Waals surface area contributed by atoms with E-state index in [1.54, 1.807) is 0 Å². The summed E-state index contributed by atoms with van der Waals surface area (Å²) in [6, 6.07) is 0.505. The molecule has 5 heteroatoms. The molecular weight excluding hydrogens is 264 g/mol. The molecule has 0 aromatic carbocycles. The van der Waals surface area contributed by atoms with Crippen molar-refractivity contribution in [3.8, 4) is 0 Å². The van der Waals surface area contributed by atoms with Gasteiger partial charge in [-0.05, 0) is 31.6 Å². The summed E-state index contributed by atoms with van der Waals surface area (Å²) in [6.45, 7) is 13.3. The van der Waals surface area contributed by atoms with Gasteiger partial charge in [0, 0.05) is 32.2 Å².